The smallest absolute Gasteiger partial charge is 0.354 e. The number of rotatable bonds is 12. The lowest BCUT2D eigenvalue weighted by molar-refractivity contribution is -0.138. The first-order valence-corrected chi connectivity index (χ1v) is 13.9. The van der Waals surface area contributed by atoms with Crippen LogP contribution in [-0.4, -0.2) is 90.5 Å². The third-order valence-electron chi connectivity index (χ3n) is 5.80. The number of nitrogens with one attached hydrogen (secondary N) is 2. The van der Waals surface area contributed by atoms with Gasteiger partial charge in [-0.2, -0.15) is 11.8 Å². The molecule has 2 heterocycles. The van der Waals surface area contributed by atoms with Crippen LogP contribution in [0.5, 0.6) is 5.75 Å². The number of hydrogen-bond donors (Lipinski definition) is 2. The van der Waals surface area contributed by atoms with Crippen molar-refractivity contribution in [3.63, 3.8) is 0 Å². The van der Waals surface area contributed by atoms with Crippen molar-refractivity contribution in [2.75, 3.05) is 52.9 Å². The average Bonchev–Trinajstić information content (AvgIpc) is 3.65. The zero-order valence-corrected chi connectivity index (χ0v) is 23.5. The van der Waals surface area contributed by atoms with E-state index in [4.69, 9.17) is 4.74 Å². The molecule has 0 bridgehead atoms. The van der Waals surface area contributed by atoms with Gasteiger partial charge in [0.1, 0.15) is 11.4 Å². The lowest BCUT2D eigenvalue weighted by atomic mass is 10.2. The summed E-state index contributed by atoms with van der Waals surface area (Å²) < 4.78 is 9.99. The summed E-state index contributed by atoms with van der Waals surface area (Å²) in [5, 5.41) is 2.61. The number of carbonyl (C=O) groups excluding carboxylic acids is 3. The van der Waals surface area contributed by atoms with Gasteiger partial charge in [0.25, 0.3) is 0 Å². The number of likely N-dealkylation sites (N-methyl/N-ethyl adjacent to an activating group) is 1. The minimum atomic E-state index is -0.551. The van der Waals surface area contributed by atoms with Gasteiger partial charge in [-0.25, -0.2) is 9.78 Å². The number of methoxy groups -OCH3 is 2. The molecule has 1 aromatic heterocycles. The summed E-state index contributed by atoms with van der Waals surface area (Å²) in [6.45, 7) is 2.59. The van der Waals surface area contributed by atoms with Gasteiger partial charge in [-0.05, 0) is 44.7 Å². The molecule has 0 radical (unpaired) electrons. The standard InChI is InChI=1S/C17H24N2O4S.C10H15N3O/c1-19(11-13-7-5-6-8-15(13)22-2)12-16(20)18-14(9-10-24-4)17(21)23-3;14-10(13-5-1-2-6-13)4-3-9-7-11-8-12-9/h5-9H,10-12H2,1-4H3,(H,18,20);7-8H,1-6H2,(H,11,12)/b14-9+;. The molecule has 38 heavy (non-hydrogen) atoms. The molecule has 0 spiro atoms. The number of imidazole rings is 1. The second kappa shape index (κ2) is 17.2. The molecule has 3 rings (SSSR count). The number of para-hydroxylation sites is 1. The molecule has 0 saturated carbocycles. The fraction of sp³-hybridized carbons (Fsp3) is 0.481. The van der Waals surface area contributed by atoms with Crippen molar-refractivity contribution in [1.29, 1.82) is 0 Å². The van der Waals surface area contributed by atoms with Crippen LogP contribution in [0.4, 0.5) is 0 Å². The molecule has 10 nitrogen and oxygen atoms in total. The Morgan fingerprint density at radius 2 is 1.95 bits per heavy atom. The predicted molar refractivity (Wildman–Crippen MR) is 149 cm³/mol. The Labute approximate surface area is 229 Å². The number of benzene rings is 1. The number of H-pyrrole nitrogens is 1. The molecule has 1 aliphatic rings. The number of carbonyl (C=O) groups is 3. The van der Waals surface area contributed by atoms with Crippen LogP contribution in [0, 0.1) is 0 Å². The number of aryl methyl sites for hydroxylation is 1. The number of amides is 2. The molecular weight excluding hydrogens is 506 g/mol. The lowest BCUT2D eigenvalue weighted by Crippen LogP contribution is -2.36. The Morgan fingerprint density at radius 1 is 1.21 bits per heavy atom. The van der Waals surface area contributed by atoms with Gasteiger partial charge in [0, 0.05) is 49.3 Å². The third kappa shape index (κ3) is 11.0. The number of aromatic nitrogens is 2. The number of ether oxygens (including phenoxy) is 2. The Balaban J connectivity index is 0.000000304. The summed E-state index contributed by atoms with van der Waals surface area (Å²) in [5.41, 5.74) is 2.20. The van der Waals surface area contributed by atoms with Crippen molar-refractivity contribution in [1.82, 2.24) is 25.1 Å². The lowest BCUT2D eigenvalue weighted by Gasteiger charge is -2.18. The van der Waals surface area contributed by atoms with Gasteiger partial charge in [-0.15, -0.1) is 0 Å². The highest BCUT2D eigenvalue weighted by atomic mass is 32.2. The van der Waals surface area contributed by atoms with E-state index in [0.29, 0.717) is 18.7 Å². The van der Waals surface area contributed by atoms with Crippen LogP contribution in [0.15, 0.2) is 48.6 Å². The summed E-state index contributed by atoms with van der Waals surface area (Å²) >= 11 is 1.54. The average molecular weight is 546 g/mol. The van der Waals surface area contributed by atoms with Gasteiger partial charge in [0.2, 0.25) is 11.8 Å². The predicted octanol–water partition coefficient (Wildman–Crippen LogP) is 2.63. The van der Waals surface area contributed by atoms with Gasteiger partial charge in [-0.1, -0.05) is 18.2 Å². The largest absolute Gasteiger partial charge is 0.496 e. The second-order valence-corrected chi connectivity index (χ2v) is 9.67. The number of thioether (sulfide) groups is 1. The second-order valence-electron chi connectivity index (χ2n) is 8.76. The maximum Gasteiger partial charge on any atom is 0.354 e. The van der Waals surface area contributed by atoms with Gasteiger partial charge >= 0.3 is 5.97 Å². The number of likely N-dealkylation sites (tertiary alicyclic amines) is 1. The summed E-state index contributed by atoms with van der Waals surface area (Å²) in [6.07, 6.45) is 10.7. The highest BCUT2D eigenvalue weighted by Crippen LogP contribution is 2.18. The van der Waals surface area contributed by atoms with E-state index in [1.165, 1.54) is 7.11 Å². The van der Waals surface area contributed by atoms with Gasteiger partial charge in [0.15, 0.2) is 0 Å². The minimum Gasteiger partial charge on any atom is -0.496 e. The molecule has 1 fully saturated rings. The molecule has 1 saturated heterocycles. The molecule has 0 aliphatic carbocycles. The highest BCUT2D eigenvalue weighted by molar-refractivity contribution is 7.98. The first kappa shape index (κ1) is 30.9. The van der Waals surface area contributed by atoms with Crippen LogP contribution in [0.3, 0.4) is 0 Å². The Hall–Kier alpha value is -3.31. The van der Waals surface area contributed by atoms with E-state index in [0.717, 1.165) is 49.4 Å². The van der Waals surface area contributed by atoms with Crippen LogP contribution in [0.25, 0.3) is 0 Å². The molecule has 2 N–H and O–H groups in total. The zero-order chi connectivity index (χ0) is 27.8. The highest BCUT2D eigenvalue weighted by Gasteiger charge is 2.17. The molecule has 208 valence electrons. The molecule has 0 atom stereocenters. The van der Waals surface area contributed by atoms with Crippen molar-refractivity contribution >= 4 is 29.5 Å². The van der Waals surface area contributed by atoms with E-state index >= 15 is 0 Å². The Bertz CT molecular complexity index is 1040. The van der Waals surface area contributed by atoms with Crippen molar-refractivity contribution in [3.8, 4) is 5.75 Å². The molecule has 1 aromatic carbocycles. The maximum atomic E-state index is 12.2. The van der Waals surface area contributed by atoms with E-state index < -0.39 is 5.97 Å². The third-order valence-corrected chi connectivity index (χ3v) is 6.30. The van der Waals surface area contributed by atoms with E-state index in [2.05, 4.69) is 20.0 Å². The van der Waals surface area contributed by atoms with E-state index in [1.807, 2.05) is 47.4 Å². The number of aromatic amines is 1. The summed E-state index contributed by atoms with van der Waals surface area (Å²) in [6, 6.07) is 7.65. The summed E-state index contributed by atoms with van der Waals surface area (Å²) in [4.78, 5) is 46.2. The zero-order valence-electron chi connectivity index (χ0n) is 22.7. The van der Waals surface area contributed by atoms with Crippen LogP contribution in [0.2, 0.25) is 0 Å². The fourth-order valence-corrected chi connectivity index (χ4v) is 4.20. The number of esters is 1. The van der Waals surface area contributed by atoms with E-state index in [9.17, 15) is 14.4 Å². The number of nitrogens with zero attached hydrogens (tertiary/aromatic N) is 3. The molecule has 11 heteroatoms. The Morgan fingerprint density at radius 3 is 2.58 bits per heavy atom. The number of hydrogen-bond acceptors (Lipinski definition) is 8. The quantitative estimate of drug-likeness (QED) is 0.309. The van der Waals surface area contributed by atoms with E-state index in [1.54, 1.807) is 37.5 Å². The molecule has 1 aliphatic heterocycles. The van der Waals surface area contributed by atoms with Crippen molar-refractivity contribution in [3.05, 3.63) is 59.8 Å². The fourth-order valence-electron chi connectivity index (χ4n) is 3.86. The molecule has 0 unspecified atom stereocenters. The first-order valence-electron chi connectivity index (χ1n) is 12.5. The molecule has 2 aromatic rings. The summed E-state index contributed by atoms with van der Waals surface area (Å²) in [7, 11) is 4.73. The van der Waals surface area contributed by atoms with Crippen molar-refractivity contribution < 1.29 is 23.9 Å². The van der Waals surface area contributed by atoms with E-state index in [-0.39, 0.29) is 24.1 Å². The SMILES string of the molecule is COC(=O)/C(=C\CSC)NC(=O)CN(C)Cc1ccccc1OC.O=C(CCc1cnc[nH]1)N1CCCC1. The van der Waals surface area contributed by atoms with Gasteiger partial charge in [-0.3, -0.25) is 14.5 Å². The van der Waals surface area contributed by atoms with Gasteiger partial charge in [0.05, 0.1) is 27.1 Å². The maximum absolute atomic E-state index is 12.2. The molecule has 2 amide bonds. The van der Waals surface area contributed by atoms with Crippen molar-refractivity contribution in [2.45, 2.75) is 32.2 Å². The molecular formula is C27H39N5O5S. The summed E-state index contributed by atoms with van der Waals surface area (Å²) in [5.74, 6) is 0.841. The Kier molecular flexibility index (Phi) is 14.0. The first-order chi connectivity index (χ1) is 18.4. The van der Waals surface area contributed by atoms with Crippen LogP contribution in [0.1, 0.15) is 30.5 Å². The topological polar surface area (TPSA) is 117 Å². The normalized spacial score (nSPS) is 13.1. The van der Waals surface area contributed by atoms with Crippen LogP contribution >= 0.6 is 11.8 Å². The minimum absolute atomic E-state index is 0.144. The van der Waals surface area contributed by atoms with Gasteiger partial charge < -0.3 is 24.7 Å². The monoisotopic (exact) mass is 545 g/mol. The van der Waals surface area contributed by atoms with Crippen LogP contribution < -0.4 is 10.1 Å². The van der Waals surface area contributed by atoms with Crippen molar-refractivity contribution in [2.24, 2.45) is 0 Å². The van der Waals surface area contributed by atoms with Crippen LogP contribution in [-0.2, 0) is 32.1 Å².